The predicted molar refractivity (Wildman–Crippen MR) is 112 cm³/mol. The highest BCUT2D eigenvalue weighted by molar-refractivity contribution is 7.91. The maximum Gasteiger partial charge on any atom is 0.253 e. The van der Waals surface area contributed by atoms with Crippen molar-refractivity contribution in [3.8, 4) is 5.75 Å². The summed E-state index contributed by atoms with van der Waals surface area (Å²) in [5.41, 5.74) is 1.54. The summed E-state index contributed by atoms with van der Waals surface area (Å²) in [6.45, 7) is 5.06. The average Bonchev–Trinajstić information content (AvgIpc) is 3.31. The molecule has 0 saturated carbocycles. The fraction of sp³-hybridized carbons (Fsp3) is 0.500. The molecule has 2 aliphatic heterocycles. The predicted octanol–water partition coefficient (Wildman–Crippen LogP) is 1.98. The van der Waals surface area contributed by atoms with E-state index in [0.29, 0.717) is 37.4 Å². The number of amides is 1. The van der Waals surface area contributed by atoms with Crippen LogP contribution in [0.2, 0.25) is 0 Å². The van der Waals surface area contributed by atoms with Gasteiger partial charge >= 0.3 is 0 Å². The molecule has 1 aromatic heterocycles. The Balaban J connectivity index is 1.28. The molecule has 2 aliphatic rings. The molecule has 0 bridgehead atoms. The second-order valence-corrected chi connectivity index (χ2v) is 10.8. The van der Waals surface area contributed by atoms with E-state index in [-0.39, 0.29) is 23.5 Å². The first kappa shape index (κ1) is 20.3. The lowest BCUT2D eigenvalue weighted by Crippen LogP contribution is -2.52. The van der Waals surface area contributed by atoms with Gasteiger partial charge in [-0.2, -0.15) is 0 Å². The Hall–Kier alpha value is -1.97. The summed E-state index contributed by atoms with van der Waals surface area (Å²) in [5, 5.41) is 2.99. The molecule has 2 fully saturated rings. The highest BCUT2D eigenvalue weighted by Gasteiger charge is 2.34. The van der Waals surface area contributed by atoms with Gasteiger partial charge in [-0.05, 0) is 37.6 Å². The fourth-order valence-electron chi connectivity index (χ4n) is 3.86. The van der Waals surface area contributed by atoms with E-state index in [1.807, 2.05) is 29.3 Å². The van der Waals surface area contributed by atoms with Crippen molar-refractivity contribution in [3.05, 3.63) is 45.9 Å². The zero-order valence-electron chi connectivity index (χ0n) is 16.4. The third-order valence-electron chi connectivity index (χ3n) is 5.48. The molecular weight excluding hydrogens is 410 g/mol. The monoisotopic (exact) mass is 435 g/mol. The van der Waals surface area contributed by atoms with Gasteiger partial charge in [0.05, 0.1) is 22.2 Å². The quantitative estimate of drug-likeness (QED) is 0.715. The van der Waals surface area contributed by atoms with Crippen molar-refractivity contribution in [2.45, 2.75) is 26.0 Å². The summed E-state index contributed by atoms with van der Waals surface area (Å²) in [7, 11) is -2.88. The Labute approximate surface area is 175 Å². The van der Waals surface area contributed by atoms with Crippen LogP contribution in [0.25, 0.3) is 0 Å². The van der Waals surface area contributed by atoms with Crippen LogP contribution in [0.4, 0.5) is 0 Å². The van der Waals surface area contributed by atoms with Crippen molar-refractivity contribution in [1.29, 1.82) is 0 Å². The number of carbonyl (C=O) groups excluding carboxylic acids is 1. The number of hydrogen-bond acceptors (Lipinski definition) is 7. The van der Waals surface area contributed by atoms with Gasteiger partial charge in [0.1, 0.15) is 12.4 Å². The highest BCUT2D eigenvalue weighted by Crippen LogP contribution is 2.21. The number of aromatic nitrogens is 1. The molecule has 2 aromatic rings. The fourth-order valence-corrected chi connectivity index (χ4v) is 6.22. The van der Waals surface area contributed by atoms with Gasteiger partial charge < -0.3 is 9.64 Å². The molecule has 0 unspecified atom stereocenters. The van der Waals surface area contributed by atoms with Crippen molar-refractivity contribution >= 4 is 27.1 Å². The van der Waals surface area contributed by atoms with Gasteiger partial charge in [0, 0.05) is 43.2 Å². The Morgan fingerprint density at radius 3 is 2.52 bits per heavy atom. The van der Waals surface area contributed by atoms with Crippen LogP contribution in [0.15, 0.2) is 29.6 Å². The molecule has 1 atom stereocenters. The molecule has 29 heavy (non-hydrogen) atoms. The minimum atomic E-state index is -2.88. The van der Waals surface area contributed by atoms with E-state index in [0.717, 1.165) is 23.8 Å². The van der Waals surface area contributed by atoms with Crippen LogP contribution < -0.4 is 4.74 Å². The first-order valence-corrected chi connectivity index (χ1v) is 12.5. The second kappa shape index (κ2) is 8.41. The molecule has 7 nitrogen and oxygen atoms in total. The van der Waals surface area contributed by atoms with Gasteiger partial charge in [-0.15, -0.1) is 11.3 Å². The molecule has 0 spiro atoms. The lowest BCUT2D eigenvalue weighted by Gasteiger charge is -2.37. The van der Waals surface area contributed by atoms with Crippen LogP contribution in [0.5, 0.6) is 5.75 Å². The summed E-state index contributed by atoms with van der Waals surface area (Å²) in [6, 6.07) is 7.31. The molecule has 0 radical (unpaired) electrons. The van der Waals surface area contributed by atoms with Gasteiger partial charge in [0.25, 0.3) is 5.91 Å². The zero-order chi connectivity index (χ0) is 20.4. The first-order chi connectivity index (χ1) is 13.9. The zero-order valence-corrected chi connectivity index (χ0v) is 18.0. The maximum atomic E-state index is 12.8. The molecule has 0 N–H and O–H groups in total. The van der Waals surface area contributed by atoms with E-state index < -0.39 is 9.84 Å². The van der Waals surface area contributed by atoms with Crippen molar-refractivity contribution in [3.63, 3.8) is 0 Å². The van der Waals surface area contributed by atoms with E-state index in [9.17, 15) is 13.2 Å². The van der Waals surface area contributed by atoms with Gasteiger partial charge in [0.2, 0.25) is 0 Å². The van der Waals surface area contributed by atoms with Gasteiger partial charge in [-0.25, -0.2) is 13.4 Å². The maximum absolute atomic E-state index is 12.8. The van der Waals surface area contributed by atoms with Crippen LogP contribution in [-0.4, -0.2) is 72.8 Å². The number of sulfone groups is 1. The number of thiazole rings is 1. The van der Waals surface area contributed by atoms with Crippen LogP contribution in [0.1, 0.15) is 27.5 Å². The topological polar surface area (TPSA) is 79.8 Å². The summed E-state index contributed by atoms with van der Waals surface area (Å²) in [4.78, 5) is 21.2. The number of ether oxygens (including phenoxy) is 1. The number of benzene rings is 1. The highest BCUT2D eigenvalue weighted by atomic mass is 32.2. The molecule has 4 rings (SSSR count). The third-order valence-corrected chi connectivity index (χ3v) is 8.05. The summed E-state index contributed by atoms with van der Waals surface area (Å²) < 4.78 is 29.1. The van der Waals surface area contributed by atoms with Crippen LogP contribution in [-0.2, 0) is 16.4 Å². The molecule has 2 saturated heterocycles. The number of carbonyl (C=O) groups is 1. The number of piperazine rings is 1. The van der Waals surface area contributed by atoms with E-state index in [1.54, 1.807) is 23.5 Å². The van der Waals surface area contributed by atoms with Crippen molar-refractivity contribution < 1.29 is 17.9 Å². The van der Waals surface area contributed by atoms with E-state index in [2.05, 4.69) is 9.88 Å². The smallest absolute Gasteiger partial charge is 0.253 e. The molecule has 156 valence electrons. The molecule has 0 aliphatic carbocycles. The summed E-state index contributed by atoms with van der Waals surface area (Å²) in [6.07, 6.45) is 0.707. The molecular formula is C20H25N3O4S2. The summed E-state index contributed by atoms with van der Waals surface area (Å²) >= 11 is 1.60. The minimum absolute atomic E-state index is 0.00497. The average molecular weight is 436 g/mol. The Morgan fingerprint density at radius 2 is 1.93 bits per heavy atom. The number of hydrogen-bond donors (Lipinski definition) is 0. The van der Waals surface area contributed by atoms with E-state index in [4.69, 9.17) is 4.74 Å². The molecule has 9 heteroatoms. The second-order valence-electron chi connectivity index (χ2n) is 7.56. The van der Waals surface area contributed by atoms with Crippen molar-refractivity contribution in [2.75, 3.05) is 37.7 Å². The minimum Gasteiger partial charge on any atom is -0.487 e. The van der Waals surface area contributed by atoms with Gasteiger partial charge in [0.15, 0.2) is 9.84 Å². The van der Waals surface area contributed by atoms with Crippen LogP contribution in [0.3, 0.4) is 0 Å². The van der Waals surface area contributed by atoms with Gasteiger partial charge in [-0.3, -0.25) is 9.69 Å². The SMILES string of the molecule is Cc1nc(COc2ccc(C(=O)N3CCN([C@H]4CCS(=O)(=O)C4)CC3)cc2)cs1. The summed E-state index contributed by atoms with van der Waals surface area (Å²) in [5.74, 6) is 1.25. The van der Waals surface area contributed by atoms with Crippen LogP contribution in [0, 0.1) is 6.92 Å². The molecule has 3 heterocycles. The van der Waals surface area contributed by atoms with E-state index in [1.165, 1.54) is 0 Å². The van der Waals surface area contributed by atoms with Crippen molar-refractivity contribution in [2.24, 2.45) is 0 Å². The molecule has 1 amide bonds. The standard InChI is InChI=1S/C20H25N3O4S2/c1-15-21-17(13-28-15)12-27-19-4-2-16(3-5-19)20(24)23-9-7-22(8-10-23)18-6-11-29(25,26)14-18/h2-5,13,18H,6-12,14H2,1H3/t18-/m0/s1. The van der Waals surface area contributed by atoms with E-state index >= 15 is 0 Å². The number of rotatable bonds is 5. The number of nitrogens with zero attached hydrogens (tertiary/aromatic N) is 3. The van der Waals surface area contributed by atoms with Crippen LogP contribution >= 0.6 is 11.3 Å². The molecule has 1 aromatic carbocycles. The Kier molecular flexibility index (Phi) is 5.89. The third kappa shape index (κ3) is 4.96. The Bertz CT molecular complexity index is 964. The van der Waals surface area contributed by atoms with Gasteiger partial charge in [-0.1, -0.05) is 0 Å². The first-order valence-electron chi connectivity index (χ1n) is 9.77. The number of aryl methyl sites for hydroxylation is 1. The van der Waals surface area contributed by atoms with Crippen molar-refractivity contribution in [1.82, 2.24) is 14.8 Å². The normalized spacial score (nSPS) is 22.0. The Morgan fingerprint density at radius 1 is 1.21 bits per heavy atom. The lowest BCUT2D eigenvalue weighted by atomic mass is 10.1. The lowest BCUT2D eigenvalue weighted by molar-refractivity contribution is 0.0588. The largest absolute Gasteiger partial charge is 0.487 e.